The summed E-state index contributed by atoms with van der Waals surface area (Å²) in [5, 5.41) is 0.261. The summed E-state index contributed by atoms with van der Waals surface area (Å²) >= 11 is 4.33. The summed E-state index contributed by atoms with van der Waals surface area (Å²) in [5.74, 6) is 0.111. The van der Waals surface area contributed by atoms with Crippen molar-refractivity contribution < 1.29 is 9.53 Å². The lowest BCUT2D eigenvalue weighted by atomic mass is 10.3. The zero-order valence-electron chi connectivity index (χ0n) is 10.1. The molecule has 90 valence electrons. The number of hydrogen-bond acceptors (Lipinski definition) is 4. The van der Waals surface area contributed by atoms with Crippen LogP contribution in [0.5, 0.6) is 0 Å². The molecule has 15 heavy (non-hydrogen) atoms. The highest BCUT2D eigenvalue weighted by molar-refractivity contribution is 7.80. The first kappa shape index (κ1) is 14.7. The molecule has 4 nitrogen and oxygen atoms in total. The fourth-order valence-electron chi connectivity index (χ4n) is 1.16. The predicted molar refractivity (Wildman–Crippen MR) is 65.5 cm³/mol. The zero-order chi connectivity index (χ0) is 11.8. The molecule has 1 atom stereocenters. The van der Waals surface area contributed by atoms with Crippen molar-refractivity contribution in [1.29, 1.82) is 0 Å². The Morgan fingerprint density at radius 2 is 2.07 bits per heavy atom. The normalized spacial score (nSPS) is 12.9. The van der Waals surface area contributed by atoms with Crippen LogP contribution in [-0.4, -0.2) is 68.4 Å². The van der Waals surface area contributed by atoms with Gasteiger partial charge in [0.05, 0.1) is 13.2 Å². The Kier molecular flexibility index (Phi) is 7.82. The lowest BCUT2D eigenvalue weighted by Crippen LogP contribution is -2.40. The average Bonchev–Trinajstić information content (AvgIpc) is 2.13. The highest BCUT2D eigenvalue weighted by Gasteiger charge is 2.13. The minimum absolute atomic E-state index is 0.111. The summed E-state index contributed by atoms with van der Waals surface area (Å²) < 4.78 is 5.00. The third kappa shape index (κ3) is 7.64. The van der Waals surface area contributed by atoms with Crippen molar-refractivity contribution in [3.05, 3.63) is 0 Å². The van der Waals surface area contributed by atoms with Crippen LogP contribution in [-0.2, 0) is 9.53 Å². The molecule has 0 spiro atoms. The number of amides is 1. The maximum absolute atomic E-state index is 11.5. The third-order valence-corrected chi connectivity index (χ3v) is 2.16. The van der Waals surface area contributed by atoms with E-state index in [4.69, 9.17) is 4.74 Å². The van der Waals surface area contributed by atoms with Crippen LogP contribution in [0.2, 0.25) is 0 Å². The molecular formula is C10H22N2O2S. The second-order valence-electron chi connectivity index (χ2n) is 3.87. The van der Waals surface area contributed by atoms with Crippen LogP contribution in [0.1, 0.15) is 6.92 Å². The molecule has 5 heteroatoms. The first-order chi connectivity index (χ1) is 6.97. The minimum Gasteiger partial charge on any atom is -0.383 e. The van der Waals surface area contributed by atoms with Crippen LogP contribution in [0.3, 0.4) is 0 Å². The fraction of sp³-hybridized carbons (Fsp3) is 0.900. The highest BCUT2D eigenvalue weighted by Crippen LogP contribution is 1.99. The number of methoxy groups -OCH3 is 1. The number of ether oxygens (including phenoxy) is 1. The Morgan fingerprint density at radius 3 is 2.47 bits per heavy atom. The molecule has 0 aromatic rings. The number of rotatable bonds is 7. The van der Waals surface area contributed by atoms with Crippen LogP contribution in [0.4, 0.5) is 0 Å². The monoisotopic (exact) mass is 234 g/mol. The van der Waals surface area contributed by atoms with E-state index in [-0.39, 0.29) is 11.2 Å². The molecule has 0 saturated carbocycles. The maximum Gasteiger partial charge on any atom is 0.236 e. The first-order valence-corrected chi connectivity index (χ1v) is 5.58. The summed E-state index contributed by atoms with van der Waals surface area (Å²) in [6.45, 7) is 4.65. The third-order valence-electron chi connectivity index (χ3n) is 1.99. The Labute approximate surface area is 98.0 Å². The number of carbonyl (C=O) groups excluding carboxylic acids is 1. The van der Waals surface area contributed by atoms with E-state index < -0.39 is 0 Å². The smallest absolute Gasteiger partial charge is 0.236 e. The van der Waals surface area contributed by atoms with E-state index in [9.17, 15) is 4.79 Å². The second kappa shape index (κ2) is 7.96. The van der Waals surface area contributed by atoms with Crippen LogP contribution in [0.25, 0.3) is 0 Å². The van der Waals surface area contributed by atoms with Gasteiger partial charge in [0.2, 0.25) is 5.91 Å². The number of thiol groups is 1. The molecular weight excluding hydrogens is 212 g/mol. The van der Waals surface area contributed by atoms with Gasteiger partial charge in [-0.1, -0.05) is 6.92 Å². The Hall–Kier alpha value is -0.260. The zero-order valence-corrected chi connectivity index (χ0v) is 11.0. The van der Waals surface area contributed by atoms with Crippen molar-refractivity contribution in [2.24, 2.45) is 0 Å². The Bertz CT molecular complexity index is 186. The van der Waals surface area contributed by atoms with Gasteiger partial charge in [-0.2, -0.15) is 12.6 Å². The number of hydrogen-bond donors (Lipinski definition) is 1. The summed E-state index contributed by atoms with van der Waals surface area (Å²) in [6.07, 6.45) is 0. The van der Waals surface area contributed by atoms with Crippen molar-refractivity contribution in [1.82, 2.24) is 9.80 Å². The second-order valence-corrected chi connectivity index (χ2v) is 4.75. The number of likely N-dealkylation sites (N-methyl/N-ethyl adjacent to an activating group) is 1. The van der Waals surface area contributed by atoms with Gasteiger partial charge in [-0.05, 0) is 0 Å². The SMILES string of the molecule is COCCN(CC(=O)N(C)C)CC(C)S. The predicted octanol–water partition coefficient (Wildman–Crippen LogP) is 0.341. The van der Waals surface area contributed by atoms with E-state index in [1.54, 1.807) is 26.1 Å². The first-order valence-electron chi connectivity index (χ1n) is 5.07. The van der Waals surface area contributed by atoms with Crippen LogP contribution >= 0.6 is 12.6 Å². The van der Waals surface area contributed by atoms with E-state index in [0.29, 0.717) is 13.2 Å². The van der Waals surface area contributed by atoms with Gasteiger partial charge in [-0.3, -0.25) is 9.69 Å². The van der Waals surface area contributed by atoms with E-state index >= 15 is 0 Å². The van der Waals surface area contributed by atoms with Crippen LogP contribution < -0.4 is 0 Å². The molecule has 0 radical (unpaired) electrons. The molecule has 1 unspecified atom stereocenters. The Morgan fingerprint density at radius 1 is 1.47 bits per heavy atom. The summed E-state index contributed by atoms with van der Waals surface area (Å²) in [6, 6.07) is 0. The van der Waals surface area contributed by atoms with E-state index in [2.05, 4.69) is 17.5 Å². The molecule has 0 aromatic heterocycles. The molecule has 0 aliphatic rings. The molecule has 0 fully saturated rings. The van der Waals surface area contributed by atoms with E-state index in [1.807, 2.05) is 6.92 Å². The van der Waals surface area contributed by atoms with E-state index in [1.165, 1.54) is 0 Å². The standard InChI is InChI=1S/C10H22N2O2S/c1-9(15)7-12(5-6-14-4)8-10(13)11(2)3/h9,15H,5-8H2,1-4H3. The van der Waals surface area contributed by atoms with Gasteiger partial charge in [-0.25, -0.2) is 0 Å². The lowest BCUT2D eigenvalue weighted by molar-refractivity contribution is -0.130. The van der Waals surface area contributed by atoms with Gasteiger partial charge in [0, 0.05) is 39.5 Å². The number of nitrogens with zero attached hydrogens (tertiary/aromatic N) is 2. The molecule has 0 aliphatic carbocycles. The molecule has 0 aliphatic heterocycles. The summed E-state index contributed by atoms with van der Waals surface area (Å²) in [4.78, 5) is 15.2. The van der Waals surface area contributed by atoms with Crippen molar-refractivity contribution in [2.75, 3.05) is 47.4 Å². The van der Waals surface area contributed by atoms with Gasteiger partial charge in [0.1, 0.15) is 0 Å². The molecule has 0 bridgehead atoms. The highest BCUT2D eigenvalue weighted by atomic mass is 32.1. The Balaban J connectivity index is 4.05. The van der Waals surface area contributed by atoms with Crippen molar-refractivity contribution in [3.8, 4) is 0 Å². The van der Waals surface area contributed by atoms with E-state index in [0.717, 1.165) is 13.1 Å². The molecule has 1 amide bonds. The topological polar surface area (TPSA) is 32.8 Å². The van der Waals surface area contributed by atoms with Gasteiger partial charge in [0.15, 0.2) is 0 Å². The van der Waals surface area contributed by atoms with Crippen molar-refractivity contribution >= 4 is 18.5 Å². The molecule has 0 rings (SSSR count). The van der Waals surface area contributed by atoms with Gasteiger partial charge in [0.25, 0.3) is 0 Å². The summed E-state index contributed by atoms with van der Waals surface area (Å²) in [7, 11) is 5.19. The van der Waals surface area contributed by atoms with Crippen LogP contribution in [0, 0.1) is 0 Å². The van der Waals surface area contributed by atoms with Crippen molar-refractivity contribution in [2.45, 2.75) is 12.2 Å². The maximum atomic E-state index is 11.5. The van der Waals surface area contributed by atoms with Crippen molar-refractivity contribution in [3.63, 3.8) is 0 Å². The number of carbonyl (C=O) groups is 1. The largest absolute Gasteiger partial charge is 0.383 e. The molecule has 0 saturated heterocycles. The van der Waals surface area contributed by atoms with Gasteiger partial charge in [-0.15, -0.1) is 0 Å². The molecule has 0 heterocycles. The summed E-state index contributed by atoms with van der Waals surface area (Å²) in [5.41, 5.74) is 0. The quantitative estimate of drug-likeness (QED) is 0.645. The van der Waals surface area contributed by atoms with Gasteiger partial charge >= 0.3 is 0 Å². The average molecular weight is 234 g/mol. The van der Waals surface area contributed by atoms with Gasteiger partial charge < -0.3 is 9.64 Å². The molecule has 0 aromatic carbocycles. The molecule has 0 N–H and O–H groups in total. The van der Waals surface area contributed by atoms with Crippen LogP contribution in [0.15, 0.2) is 0 Å². The lowest BCUT2D eigenvalue weighted by Gasteiger charge is -2.24. The fourth-order valence-corrected chi connectivity index (χ4v) is 1.39. The minimum atomic E-state index is 0.111.